The Morgan fingerprint density at radius 2 is 2.57 bits per heavy atom. The molecular weight excluding hydrogens is 182 g/mol. The summed E-state index contributed by atoms with van der Waals surface area (Å²) in [6, 6.07) is 1.38. The van der Waals surface area contributed by atoms with Gasteiger partial charge in [0.25, 0.3) is 0 Å². The number of carbonyl (C=O) groups excluding carboxylic acids is 1. The Morgan fingerprint density at radius 1 is 1.79 bits per heavy atom. The zero-order chi connectivity index (χ0) is 10.4. The molecule has 0 aromatic carbocycles. The van der Waals surface area contributed by atoms with Gasteiger partial charge >= 0.3 is 5.97 Å². The fourth-order valence-corrected chi connectivity index (χ4v) is 0.823. The minimum absolute atomic E-state index is 0.119. The Hall–Kier alpha value is -1.76. The molecule has 0 aliphatic carbocycles. The zero-order valence-corrected chi connectivity index (χ0v) is 7.95. The van der Waals surface area contributed by atoms with Crippen LogP contribution in [-0.2, 0) is 4.74 Å². The summed E-state index contributed by atoms with van der Waals surface area (Å²) in [5.41, 5.74) is 0.119. The molecule has 0 aliphatic rings. The summed E-state index contributed by atoms with van der Waals surface area (Å²) in [6.45, 7) is 2.41. The molecule has 0 N–H and O–H groups in total. The van der Waals surface area contributed by atoms with Gasteiger partial charge in [-0.3, -0.25) is 0 Å². The van der Waals surface area contributed by atoms with E-state index < -0.39 is 5.97 Å². The van der Waals surface area contributed by atoms with Crippen LogP contribution < -0.4 is 0 Å². The van der Waals surface area contributed by atoms with E-state index in [-0.39, 0.29) is 11.5 Å². The predicted octanol–water partition coefficient (Wildman–Crippen LogP) is 1.61. The maximum atomic E-state index is 11.2. The molecule has 0 spiro atoms. The number of carbonyl (C=O) groups is 1. The van der Waals surface area contributed by atoms with Gasteiger partial charge in [0, 0.05) is 6.07 Å². The highest BCUT2D eigenvalue weighted by atomic mass is 16.5. The molecule has 1 rings (SSSR count). The van der Waals surface area contributed by atoms with Crippen molar-refractivity contribution in [2.75, 3.05) is 6.61 Å². The lowest BCUT2D eigenvalue weighted by molar-refractivity contribution is 0.0488. The Bertz CT molecular complexity index is 348. The molecule has 0 amide bonds. The first-order valence-electron chi connectivity index (χ1n) is 4.38. The molecule has 0 radical (unpaired) electrons. The molecule has 0 atom stereocenters. The summed E-state index contributed by atoms with van der Waals surface area (Å²) in [5.74, 6) is 1.97. The molecule has 1 aromatic rings. The molecule has 1 aromatic heterocycles. The second kappa shape index (κ2) is 5.07. The van der Waals surface area contributed by atoms with Gasteiger partial charge in [-0.2, -0.15) is 0 Å². The van der Waals surface area contributed by atoms with E-state index in [1.807, 2.05) is 6.92 Å². The molecule has 4 heteroatoms. The number of unbranched alkanes of at least 4 members (excludes halogenated alkanes) is 1. The fraction of sp³-hybridized carbons (Fsp3) is 0.400. The average molecular weight is 193 g/mol. The van der Waals surface area contributed by atoms with E-state index in [4.69, 9.17) is 11.2 Å². The van der Waals surface area contributed by atoms with Crippen molar-refractivity contribution in [3.05, 3.63) is 17.5 Å². The van der Waals surface area contributed by atoms with Crippen LogP contribution in [0.15, 0.2) is 10.6 Å². The van der Waals surface area contributed by atoms with E-state index in [1.54, 1.807) is 0 Å². The first-order chi connectivity index (χ1) is 6.77. The quantitative estimate of drug-likeness (QED) is 0.414. The molecule has 1 heterocycles. The van der Waals surface area contributed by atoms with Gasteiger partial charge in [-0.05, 0) is 12.3 Å². The standard InChI is InChI=1S/C10H11NO3/c1-3-5-6-13-10(12)9-7-8(4-2)14-11-9/h2,7H,3,5-6H2,1H3. The van der Waals surface area contributed by atoms with E-state index in [0.717, 1.165) is 12.8 Å². The number of hydrogen-bond acceptors (Lipinski definition) is 4. The second-order valence-electron chi connectivity index (χ2n) is 2.71. The lowest BCUT2D eigenvalue weighted by Gasteiger charge is -1.99. The third-order valence-corrected chi connectivity index (χ3v) is 1.59. The number of ether oxygens (including phenoxy) is 1. The maximum absolute atomic E-state index is 11.2. The minimum Gasteiger partial charge on any atom is -0.461 e. The van der Waals surface area contributed by atoms with Crippen molar-refractivity contribution in [2.24, 2.45) is 0 Å². The molecule has 4 nitrogen and oxygen atoms in total. The lowest BCUT2D eigenvalue weighted by atomic mass is 10.3. The van der Waals surface area contributed by atoms with Crippen molar-refractivity contribution in [2.45, 2.75) is 19.8 Å². The Morgan fingerprint density at radius 3 is 3.14 bits per heavy atom. The summed E-state index contributed by atoms with van der Waals surface area (Å²) in [5, 5.41) is 3.47. The van der Waals surface area contributed by atoms with Gasteiger partial charge in [0.15, 0.2) is 5.69 Å². The molecule has 0 saturated heterocycles. The van der Waals surface area contributed by atoms with Crippen LogP contribution in [0.3, 0.4) is 0 Å². The van der Waals surface area contributed by atoms with Crippen LogP contribution in [0.4, 0.5) is 0 Å². The van der Waals surface area contributed by atoms with Crippen molar-refractivity contribution in [3.8, 4) is 12.3 Å². The van der Waals surface area contributed by atoms with E-state index >= 15 is 0 Å². The highest BCUT2D eigenvalue weighted by molar-refractivity contribution is 5.87. The molecule has 0 bridgehead atoms. The molecule has 0 saturated carbocycles. The monoisotopic (exact) mass is 193 g/mol. The minimum atomic E-state index is -0.497. The Labute approximate surface area is 82.2 Å². The zero-order valence-electron chi connectivity index (χ0n) is 7.95. The largest absolute Gasteiger partial charge is 0.461 e. The SMILES string of the molecule is C#Cc1cc(C(=O)OCCCC)no1. The number of terminal acetylenes is 1. The van der Waals surface area contributed by atoms with Crippen molar-refractivity contribution in [1.29, 1.82) is 0 Å². The second-order valence-corrected chi connectivity index (χ2v) is 2.71. The van der Waals surface area contributed by atoms with Gasteiger partial charge in [-0.25, -0.2) is 4.79 Å². The van der Waals surface area contributed by atoms with Gasteiger partial charge < -0.3 is 9.26 Å². The molecule has 14 heavy (non-hydrogen) atoms. The number of aromatic nitrogens is 1. The smallest absolute Gasteiger partial charge is 0.360 e. The van der Waals surface area contributed by atoms with E-state index in [1.165, 1.54) is 6.07 Å². The number of hydrogen-bond donors (Lipinski definition) is 0. The van der Waals surface area contributed by atoms with Gasteiger partial charge in [0.1, 0.15) is 0 Å². The van der Waals surface area contributed by atoms with Crippen LogP contribution in [0.1, 0.15) is 36.0 Å². The van der Waals surface area contributed by atoms with Crippen LogP contribution >= 0.6 is 0 Å². The predicted molar refractivity (Wildman–Crippen MR) is 49.6 cm³/mol. The average Bonchev–Trinajstić information content (AvgIpc) is 2.66. The van der Waals surface area contributed by atoms with Crippen LogP contribution in [0.5, 0.6) is 0 Å². The first-order valence-corrected chi connectivity index (χ1v) is 4.38. The van der Waals surface area contributed by atoms with E-state index in [0.29, 0.717) is 6.61 Å². The van der Waals surface area contributed by atoms with Crippen LogP contribution in [0, 0.1) is 12.3 Å². The van der Waals surface area contributed by atoms with Crippen molar-refractivity contribution in [3.63, 3.8) is 0 Å². The topological polar surface area (TPSA) is 52.3 Å². The van der Waals surface area contributed by atoms with Gasteiger partial charge in [0.05, 0.1) is 6.61 Å². The summed E-state index contributed by atoms with van der Waals surface area (Å²) in [7, 11) is 0. The van der Waals surface area contributed by atoms with Crippen LogP contribution in [-0.4, -0.2) is 17.7 Å². The first kappa shape index (κ1) is 10.3. The van der Waals surface area contributed by atoms with E-state index in [2.05, 4.69) is 15.6 Å². The maximum Gasteiger partial charge on any atom is 0.360 e. The Balaban J connectivity index is 2.49. The molecule has 74 valence electrons. The highest BCUT2D eigenvalue weighted by Crippen LogP contribution is 2.04. The van der Waals surface area contributed by atoms with Crippen molar-refractivity contribution in [1.82, 2.24) is 5.16 Å². The molecule has 0 fully saturated rings. The van der Waals surface area contributed by atoms with Crippen molar-refractivity contribution >= 4 is 5.97 Å². The van der Waals surface area contributed by atoms with Crippen LogP contribution in [0.2, 0.25) is 0 Å². The summed E-state index contributed by atoms with van der Waals surface area (Å²) in [4.78, 5) is 11.2. The molecule has 0 unspecified atom stereocenters. The van der Waals surface area contributed by atoms with Gasteiger partial charge in [-0.1, -0.05) is 18.5 Å². The van der Waals surface area contributed by atoms with Gasteiger partial charge in [-0.15, -0.1) is 6.42 Å². The van der Waals surface area contributed by atoms with Crippen molar-refractivity contribution < 1.29 is 14.1 Å². The normalized spacial score (nSPS) is 9.43. The van der Waals surface area contributed by atoms with Crippen LogP contribution in [0.25, 0.3) is 0 Å². The van der Waals surface area contributed by atoms with Gasteiger partial charge in [0.2, 0.25) is 5.76 Å². The molecule has 0 aliphatic heterocycles. The highest BCUT2D eigenvalue weighted by Gasteiger charge is 2.12. The molecular formula is C10H11NO3. The fourth-order valence-electron chi connectivity index (χ4n) is 0.823. The van der Waals surface area contributed by atoms with E-state index in [9.17, 15) is 4.79 Å². The number of esters is 1. The number of rotatable bonds is 4. The summed E-state index contributed by atoms with van der Waals surface area (Å²) < 4.78 is 9.55. The summed E-state index contributed by atoms with van der Waals surface area (Å²) >= 11 is 0. The summed E-state index contributed by atoms with van der Waals surface area (Å²) in [6.07, 6.45) is 6.86. The third-order valence-electron chi connectivity index (χ3n) is 1.59. The number of nitrogens with zero attached hydrogens (tertiary/aromatic N) is 1. The Kier molecular flexibility index (Phi) is 3.74. The lowest BCUT2D eigenvalue weighted by Crippen LogP contribution is -2.06. The third kappa shape index (κ3) is 2.63.